The van der Waals surface area contributed by atoms with Gasteiger partial charge in [0.2, 0.25) is 0 Å². The molecular formula is C23H27N3O4. The average Bonchev–Trinajstić information content (AvgIpc) is 2.80. The second kappa shape index (κ2) is 8.93. The molecule has 1 amide bonds. The molecule has 2 saturated heterocycles. The summed E-state index contributed by atoms with van der Waals surface area (Å²) >= 11 is 0. The smallest absolute Gasteiger partial charge is 0.410 e. The van der Waals surface area contributed by atoms with Gasteiger partial charge in [0, 0.05) is 51.2 Å². The van der Waals surface area contributed by atoms with Gasteiger partial charge in [-0.25, -0.2) is 4.79 Å². The predicted octanol–water partition coefficient (Wildman–Crippen LogP) is 3.11. The summed E-state index contributed by atoms with van der Waals surface area (Å²) in [5, 5.41) is 0. The summed E-state index contributed by atoms with van der Waals surface area (Å²) < 4.78 is 11.1. The number of piperazine rings is 1. The van der Waals surface area contributed by atoms with E-state index < -0.39 is 0 Å². The van der Waals surface area contributed by atoms with Crippen LogP contribution in [0.15, 0.2) is 48.7 Å². The van der Waals surface area contributed by atoms with Gasteiger partial charge in [-0.15, -0.1) is 0 Å². The van der Waals surface area contributed by atoms with E-state index in [1.165, 1.54) is 0 Å². The molecule has 0 N–H and O–H groups in total. The largest absolute Gasteiger partial charge is 0.415 e. The number of hydrogen-bond donors (Lipinski definition) is 0. The Kier molecular flexibility index (Phi) is 6.11. The molecule has 0 aliphatic carbocycles. The monoisotopic (exact) mass is 409 g/mol. The van der Waals surface area contributed by atoms with Crippen molar-refractivity contribution in [2.24, 2.45) is 0 Å². The lowest BCUT2D eigenvalue weighted by molar-refractivity contribution is -0.0504. The van der Waals surface area contributed by atoms with E-state index in [-0.39, 0.29) is 17.4 Å². The molecule has 2 fully saturated rings. The molecule has 0 unspecified atom stereocenters. The number of carbonyl (C=O) groups is 2. The highest BCUT2D eigenvalue weighted by Gasteiger charge is 2.43. The molecule has 0 bridgehead atoms. The van der Waals surface area contributed by atoms with Gasteiger partial charge in [-0.05, 0) is 44.0 Å². The lowest BCUT2D eigenvalue weighted by atomic mass is 9.83. The van der Waals surface area contributed by atoms with Crippen LogP contribution in [0.1, 0.15) is 35.8 Å². The molecule has 0 spiro atoms. The molecule has 0 radical (unpaired) electrons. The van der Waals surface area contributed by atoms with E-state index >= 15 is 0 Å². The van der Waals surface area contributed by atoms with Gasteiger partial charge in [0.25, 0.3) is 0 Å². The minimum Gasteiger partial charge on any atom is -0.410 e. The van der Waals surface area contributed by atoms with Gasteiger partial charge >= 0.3 is 6.09 Å². The summed E-state index contributed by atoms with van der Waals surface area (Å²) in [4.78, 5) is 33.0. The van der Waals surface area contributed by atoms with Crippen LogP contribution in [0.25, 0.3) is 0 Å². The van der Waals surface area contributed by atoms with Crippen LogP contribution in [0.4, 0.5) is 4.79 Å². The van der Waals surface area contributed by atoms with Crippen molar-refractivity contribution in [3.05, 3.63) is 59.9 Å². The van der Waals surface area contributed by atoms with E-state index in [0.29, 0.717) is 37.6 Å². The van der Waals surface area contributed by atoms with Crippen molar-refractivity contribution >= 4 is 11.9 Å². The normalized spacial score (nSPS) is 19.3. The van der Waals surface area contributed by atoms with Crippen molar-refractivity contribution in [1.29, 1.82) is 0 Å². The minimum atomic E-state index is -0.314. The molecule has 1 aromatic carbocycles. The highest BCUT2D eigenvalue weighted by Crippen LogP contribution is 2.38. The van der Waals surface area contributed by atoms with Gasteiger partial charge in [0.05, 0.1) is 11.2 Å². The van der Waals surface area contributed by atoms with Crippen LogP contribution in [0.2, 0.25) is 0 Å². The van der Waals surface area contributed by atoms with Crippen LogP contribution in [-0.2, 0) is 10.3 Å². The number of hydrogen-bond acceptors (Lipinski definition) is 6. The first kappa shape index (κ1) is 20.5. The maximum Gasteiger partial charge on any atom is 0.415 e. The van der Waals surface area contributed by atoms with Crippen LogP contribution in [0.3, 0.4) is 0 Å². The SMILES string of the molecule is CC(=O)c1ccc(C2(N3CCN(C(=O)Oc4ccccc4)CC3)CCOCC2)nc1. The fourth-order valence-electron chi connectivity index (χ4n) is 4.29. The van der Waals surface area contributed by atoms with Crippen molar-refractivity contribution < 1.29 is 19.1 Å². The average molecular weight is 409 g/mol. The lowest BCUT2D eigenvalue weighted by Crippen LogP contribution is -2.58. The molecule has 0 saturated carbocycles. The number of ketones is 1. The molecule has 158 valence electrons. The Morgan fingerprint density at radius 2 is 1.70 bits per heavy atom. The Labute approximate surface area is 176 Å². The number of rotatable bonds is 4. The zero-order valence-electron chi connectivity index (χ0n) is 17.3. The summed E-state index contributed by atoms with van der Waals surface area (Å²) in [7, 11) is 0. The van der Waals surface area contributed by atoms with Crippen LogP contribution >= 0.6 is 0 Å². The van der Waals surface area contributed by atoms with Crippen LogP contribution in [-0.4, -0.2) is 66.1 Å². The second-order valence-electron chi connectivity index (χ2n) is 7.79. The van der Waals surface area contributed by atoms with Crippen LogP contribution in [0, 0.1) is 0 Å². The van der Waals surface area contributed by atoms with Gasteiger partial charge in [0.15, 0.2) is 5.78 Å². The van der Waals surface area contributed by atoms with Gasteiger partial charge < -0.3 is 14.4 Å². The van der Waals surface area contributed by atoms with E-state index in [1.54, 1.807) is 30.2 Å². The topological polar surface area (TPSA) is 72.0 Å². The van der Waals surface area contributed by atoms with E-state index in [2.05, 4.69) is 9.88 Å². The molecule has 2 aliphatic heterocycles. The molecule has 7 heteroatoms. The van der Waals surface area contributed by atoms with E-state index in [1.807, 2.05) is 30.3 Å². The predicted molar refractivity (Wildman–Crippen MR) is 112 cm³/mol. The molecule has 2 aliphatic rings. The number of pyridine rings is 1. The number of Topliss-reactive ketones (excluding diaryl/α,β-unsaturated/α-hetero) is 1. The zero-order chi connectivity index (χ0) is 21.0. The van der Waals surface area contributed by atoms with Gasteiger partial charge in [-0.3, -0.25) is 14.7 Å². The Balaban J connectivity index is 1.46. The number of amides is 1. The minimum absolute atomic E-state index is 0.0145. The van der Waals surface area contributed by atoms with Crippen molar-refractivity contribution in [3.8, 4) is 5.75 Å². The van der Waals surface area contributed by atoms with E-state index in [9.17, 15) is 9.59 Å². The fraction of sp³-hybridized carbons (Fsp3) is 0.435. The Hall–Kier alpha value is -2.77. The number of para-hydroxylation sites is 1. The lowest BCUT2D eigenvalue weighted by Gasteiger charge is -2.49. The third-order valence-corrected chi connectivity index (χ3v) is 6.06. The first-order valence-corrected chi connectivity index (χ1v) is 10.4. The third kappa shape index (κ3) is 4.22. The summed E-state index contributed by atoms with van der Waals surface area (Å²) in [6.45, 7) is 5.56. The molecular weight excluding hydrogens is 382 g/mol. The summed E-state index contributed by atoms with van der Waals surface area (Å²) in [6, 6.07) is 13.0. The number of nitrogens with zero attached hydrogens (tertiary/aromatic N) is 3. The highest BCUT2D eigenvalue weighted by molar-refractivity contribution is 5.93. The molecule has 4 rings (SSSR count). The van der Waals surface area contributed by atoms with Crippen LogP contribution < -0.4 is 4.74 Å². The van der Waals surface area contributed by atoms with Gasteiger partial charge in [-0.1, -0.05) is 18.2 Å². The van der Waals surface area contributed by atoms with E-state index in [4.69, 9.17) is 9.47 Å². The van der Waals surface area contributed by atoms with Crippen molar-refractivity contribution in [2.45, 2.75) is 25.3 Å². The second-order valence-corrected chi connectivity index (χ2v) is 7.79. The quantitative estimate of drug-likeness (QED) is 0.723. The maximum absolute atomic E-state index is 12.5. The number of benzene rings is 1. The standard InChI is InChI=1S/C23H27N3O4/c1-18(27)19-7-8-21(24-17-19)23(9-15-29-16-10-23)26-13-11-25(12-14-26)22(28)30-20-5-3-2-4-6-20/h2-8,17H,9-16H2,1H3. The number of carbonyl (C=O) groups excluding carboxylic acids is 2. The molecule has 30 heavy (non-hydrogen) atoms. The molecule has 0 atom stereocenters. The fourth-order valence-corrected chi connectivity index (χ4v) is 4.29. The molecule has 7 nitrogen and oxygen atoms in total. The maximum atomic E-state index is 12.5. The summed E-state index contributed by atoms with van der Waals surface area (Å²) in [5.74, 6) is 0.571. The van der Waals surface area contributed by atoms with Gasteiger partial charge in [0.1, 0.15) is 5.75 Å². The highest BCUT2D eigenvalue weighted by atomic mass is 16.6. The van der Waals surface area contributed by atoms with Crippen LogP contribution in [0.5, 0.6) is 5.75 Å². The zero-order valence-corrected chi connectivity index (χ0v) is 17.3. The van der Waals surface area contributed by atoms with E-state index in [0.717, 1.165) is 31.6 Å². The molecule has 2 aromatic rings. The number of aromatic nitrogens is 1. The van der Waals surface area contributed by atoms with Crippen molar-refractivity contribution in [1.82, 2.24) is 14.8 Å². The van der Waals surface area contributed by atoms with Crippen molar-refractivity contribution in [2.75, 3.05) is 39.4 Å². The Morgan fingerprint density at radius 1 is 1.00 bits per heavy atom. The Bertz CT molecular complexity index is 871. The third-order valence-electron chi connectivity index (χ3n) is 6.06. The first-order chi connectivity index (χ1) is 14.6. The molecule has 1 aromatic heterocycles. The summed E-state index contributed by atoms with van der Waals surface area (Å²) in [6.07, 6.45) is 3.04. The molecule has 3 heterocycles. The Morgan fingerprint density at radius 3 is 2.30 bits per heavy atom. The van der Waals surface area contributed by atoms with Gasteiger partial charge in [-0.2, -0.15) is 0 Å². The van der Waals surface area contributed by atoms with Crippen molar-refractivity contribution in [3.63, 3.8) is 0 Å². The number of ether oxygens (including phenoxy) is 2. The first-order valence-electron chi connectivity index (χ1n) is 10.4. The summed E-state index contributed by atoms with van der Waals surface area (Å²) in [5.41, 5.74) is 1.36.